The molecule has 47 heavy (non-hydrogen) atoms. The third-order valence-electron chi connectivity index (χ3n) is 7.37. The lowest BCUT2D eigenvalue weighted by Gasteiger charge is -2.24. The number of allylic oxidation sites excluding steroid dienone is 1. The Labute approximate surface area is 272 Å². The quantitative estimate of drug-likeness (QED) is 0.124. The van der Waals surface area contributed by atoms with Crippen LogP contribution in [0.15, 0.2) is 81.7 Å². The number of nitrogens with zero attached hydrogens (tertiary/aromatic N) is 4. The second kappa shape index (κ2) is 13.8. The normalized spacial score (nSPS) is 14.3. The zero-order chi connectivity index (χ0) is 33.8. The molecule has 0 fully saturated rings. The van der Waals surface area contributed by atoms with Crippen LogP contribution >= 0.6 is 11.3 Å². The average molecular weight is 659 g/mol. The van der Waals surface area contributed by atoms with Crippen molar-refractivity contribution in [3.63, 3.8) is 0 Å². The van der Waals surface area contributed by atoms with Crippen LogP contribution in [0.2, 0.25) is 0 Å². The molecule has 14 heteroatoms. The van der Waals surface area contributed by atoms with E-state index >= 15 is 0 Å². The van der Waals surface area contributed by atoms with E-state index in [1.165, 1.54) is 22.8 Å². The summed E-state index contributed by atoms with van der Waals surface area (Å²) < 4.78 is 18.8. The summed E-state index contributed by atoms with van der Waals surface area (Å²) in [7, 11) is 0. The van der Waals surface area contributed by atoms with Gasteiger partial charge in [0, 0.05) is 23.8 Å². The van der Waals surface area contributed by atoms with E-state index < -0.39 is 27.4 Å². The predicted molar refractivity (Wildman–Crippen MR) is 173 cm³/mol. The molecular formula is C33H30N4O9S. The van der Waals surface area contributed by atoms with Crippen LogP contribution in [0.25, 0.3) is 6.08 Å². The number of ether oxygens (including phenoxy) is 3. The Bertz CT molecular complexity index is 2100. The molecule has 0 N–H and O–H groups in total. The van der Waals surface area contributed by atoms with Gasteiger partial charge in [0.25, 0.3) is 16.9 Å². The summed E-state index contributed by atoms with van der Waals surface area (Å²) in [6, 6.07) is 14.8. The minimum atomic E-state index is -0.999. The van der Waals surface area contributed by atoms with E-state index in [2.05, 4.69) is 4.99 Å². The van der Waals surface area contributed by atoms with Gasteiger partial charge in [-0.1, -0.05) is 29.5 Å². The van der Waals surface area contributed by atoms with Crippen molar-refractivity contribution in [2.75, 3.05) is 13.2 Å². The fraction of sp³-hybridized carbons (Fsp3) is 0.242. The van der Waals surface area contributed by atoms with Gasteiger partial charge in [-0.05, 0) is 74.7 Å². The van der Waals surface area contributed by atoms with E-state index in [0.29, 0.717) is 49.8 Å². The van der Waals surface area contributed by atoms with Gasteiger partial charge in [-0.3, -0.25) is 29.6 Å². The minimum Gasteiger partial charge on any atom is -0.490 e. The number of carbonyl (C=O) groups excluding carboxylic acids is 1. The molecule has 0 saturated carbocycles. The number of thiazole rings is 1. The monoisotopic (exact) mass is 658 g/mol. The van der Waals surface area contributed by atoms with Gasteiger partial charge in [-0.2, -0.15) is 0 Å². The lowest BCUT2D eigenvalue weighted by molar-refractivity contribution is -0.385. The van der Waals surface area contributed by atoms with E-state index in [-0.39, 0.29) is 30.2 Å². The summed E-state index contributed by atoms with van der Waals surface area (Å²) in [5, 5.41) is 22.7. The van der Waals surface area contributed by atoms with Crippen molar-refractivity contribution in [1.29, 1.82) is 0 Å². The molecule has 2 heterocycles. The molecule has 0 saturated heterocycles. The number of rotatable bonds is 11. The number of fused-ring (bicyclic) bond motifs is 1. The fourth-order valence-electron chi connectivity index (χ4n) is 5.13. The van der Waals surface area contributed by atoms with E-state index in [9.17, 15) is 29.8 Å². The molecule has 1 atom stereocenters. The highest BCUT2D eigenvalue weighted by Crippen LogP contribution is 2.34. The molecular weight excluding hydrogens is 628 g/mol. The molecule has 0 unspecified atom stereocenters. The SMILES string of the molecule is CCOC(=O)C1=C(C)N=c2s/c(=C/c3ccc(OCc4ccc([N+](=O)[O-])cc4)c(OCC)c3)c(=O)n2[C@@H]1c1ccc(C)c([N+](=O)[O-])c1. The van der Waals surface area contributed by atoms with E-state index in [1.807, 2.05) is 6.92 Å². The predicted octanol–water partition coefficient (Wildman–Crippen LogP) is 4.90. The molecule has 0 aliphatic carbocycles. The number of hydrogen-bond acceptors (Lipinski definition) is 11. The summed E-state index contributed by atoms with van der Waals surface area (Å²) in [6.45, 7) is 7.33. The summed E-state index contributed by atoms with van der Waals surface area (Å²) >= 11 is 1.12. The van der Waals surface area contributed by atoms with Crippen LogP contribution in [0.5, 0.6) is 11.5 Å². The molecule has 5 rings (SSSR count). The standard InChI is InChI=1S/C33H30N4O9S/c1-5-44-27-15-22(10-14-26(27)46-18-21-8-12-24(13-9-21)36(40)41)16-28-31(38)35-30(23-11-7-19(3)25(17-23)37(42)43)29(32(39)45-6-2)20(4)34-33(35)47-28/h7-17,30H,5-6,18H2,1-4H3/b28-16+/t30-/m1/s1. The highest BCUT2D eigenvalue weighted by atomic mass is 32.1. The van der Waals surface area contributed by atoms with E-state index in [0.717, 1.165) is 16.9 Å². The van der Waals surface area contributed by atoms with Crippen molar-refractivity contribution < 1.29 is 28.9 Å². The van der Waals surface area contributed by atoms with Crippen LogP contribution in [0.4, 0.5) is 11.4 Å². The molecule has 0 bridgehead atoms. The molecule has 3 aromatic carbocycles. The Morgan fingerprint density at radius 3 is 2.36 bits per heavy atom. The zero-order valence-electron chi connectivity index (χ0n) is 25.9. The molecule has 0 amide bonds. The van der Waals surface area contributed by atoms with Gasteiger partial charge < -0.3 is 14.2 Å². The second-order valence-electron chi connectivity index (χ2n) is 10.5. The Morgan fingerprint density at radius 2 is 1.70 bits per heavy atom. The third-order valence-corrected chi connectivity index (χ3v) is 8.35. The number of benzene rings is 3. The van der Waals surface area contributed by atoms with Crippen molar-refractivity contribution >= 4 is 34.8 Å². The summed E-state index contributed by atoms with van der Waals surface area (Å²) in [5.74, 6) is 0.211. The number of carbonyl (C=O) groups is 1. The van der Waals surface area contributed by atoms with Gasteiger partial charge in [-0.15, -0.1) is 0 Å². The average Bonchev–Trinajstić information content (AvgIpc) is 3.34. The minimum absolute atomic E-state index is 0.0165. The Kier molecular flexibility index (Phi) is 9.61. The molecule has 1 aromatic heterocycles. The number of non-ortho nitro benzene ring substituents is 1. The second-order valence-corrected chi connectivity index (χ2v) is 11.5. The van der Waals surface area contributed by atoms with Crippen LogP contribution < -0.4 is 24.4 Å². The van der Waals surface area contributed by atoms with Crippen LogP contribution in [-0.2, 0) is 16.1 Å². The topological polar surface area (TPSA) is 165 Å². The van der Waals surface area contributed by atoms with E-state index in [1.54, 1.807) is 69.3 Å². The van der Waals surface area contributed by atoms with Crippen molar-refractivity contribution in [3.8, 4) is 11.5 Å². The maximum Gasteiger partial charge on any atom is 0.338 e. The molecule has 4 aromatic rings. The fourth-order valence-corrected chi connectivity index (χ4v) is 6.18. The van der Waals surface area contributed by atoms with Gasteiger partial charge in [0.1, 0.15) is 6.61 Å². The van der Waals surface area contributed by atoms with Crippen molar-refractivity contribution in [2.45, 2.75) is 40.3 Å². The van der Waals surface area contributed by atoms with Crippen LogP contribution in [-0.4, -0.2) is 33.6 Å². The molecule has 1 aliphatic rings. The van der Waals surface area contributed by atoms with Gasteiger partial charge in [0.2, 0.25) is 0 Å². The maximum absolute atomic E-state index is 14.0. The number of nitro benzene ring substituents is 2. The number of aromatic nitrogens is 1. The van der Waals surface area contributed by atoms with Crippen molar-refractivity contribution in [1.82, 2.24) is 4.57 Å². The first kappa shape index (κ1) is 32.8. The van der Waals surface area contributed by atoms with Gasteiger partial charge in [0.05, 0.1) is 44.9 Å². The largest absolute Gasteiger partial charge is 0.490 e. The maximum atomic E-state index is 14.0. The van der Waals surface area contributed by atoms with Gasteiger partial charge >= 0.3 is 5.97 Å². The van der Waals surface area contributed by atoms with Crippen molar-refractivity contribution in [2.24, 2.45) is 4.99 Å². The highest BCUT2D eigenvalue weighted by Gasteiger charge is 2.34. The van der Waals surface area contributed by atoms with Crippen molar-refractivity contribution in [3.05, 3.63) is 134 Å². The first-order valence-corrected chi connectivity index (χ1v) is 15.4. The van der Waals surface area contributed by atoms with E-state index in [4.69, 9.17) is 14.2 Å². The number of esters is 1. The molecule has 0 spiro atoms. The Morgan fingerprint density at radius 1 is 0.957 bits per heavy atom. The van der Waals surface area contributed by atoms with Crippen LogP contribution in [0.1, 0.15) is 49.1 Å². The lowest BCUT2D eigenvalue weighted by atomic mass is 9.94. The first-order valence-electron chi connectivity index (χ1n) is 14.6. The van der Waals surface area contributed by atoms with Crippen LogP contribution in [0.3, 0.4) is 0 Å². The Hall–Kier alpha value is -5.63. The lowest BCUT2D eigenvalue weighted by Crippen LogP contribution is -2.40. The number of hydrogen-bond donors (Lipinski definition) is 0. The highest BCUT2D eigenvalue weighted by molar-refractivity contribution is 7.07. The van der Waals surface area contributed by atoms with Gasteiger partial charge in [0.15, 0.2) is 16.3 Å². The summed E-state index contributed by atoms with van der Waals surface area (Å²) in [6.07, 6.45) is 1.67. The molecule has 13 nitrogen and oxygen atoms in total. The summed E-state index contributed by atoms with van der Waals surface area (Å²) in [5.41, 5.74) is 2.05. The van der Waals surface area contributed by atoms with Crippen LogP contribution in [0, 0.1) is 27.2 Å². The summed E-state index contributed by atoms with van der Waals surface area (Å²) in [4.78, 5) is 53.8. The first-order chi connectivity index (χ1) is 22.5. The zero-order valence-corrected chi connectivity index (χ0v) is 26.7. The smallest absolute Gasteiger partial charge is 0.338 e. The Balaban J connectivity index is 1.55. The third kappa shape index (κ3) is 6.82. The molecule has 242 valence electrons. The number of aryl methyl sites for hydroxylation is 1. The molecule has 0 radical (unpaired) electrons. The van der Waals surface area contributed by atoms with Gasteiger partial charge in [-0.25, -0.2) is 9.79 Å². The molecule has 1 aliphatic heterocycles. The number of nitro groups is 2.